The number of hydrogen-bond acceptors (Lipinski definition) is 5. The number of phenols is 1. The van der Waals surface area contributed by atoms with Crippen LogP contribution in [0.5, 0.6) is 11.5 Å². The number of phenolic OH excluding ortho intramolecular Hbond substituents is 1. The van der Waals surface area contributed by atoms with Gasteiger partial charge in [-0.25, -0.2) is 0 Å². The van der Waals surface area contributed by atoms with E-state index in [9.17, 15) is 18.3 Å². The number of rotatable bonds is 5. The van der Waals surface area contributed by atoms with Gasteiger partial charge in [0.1, 0.15) is 11.5 Å². The molecule has 5 nitrogen and oxygen atoms in total. The molecule has 1 aliphatic rings. The minimum atomic E-state index is -4.85. The number of benzene rings is 2. The van der Waals surface area contributed by atoms with Crippen LogP contribution < -0.4 is 10.1 Å². The molecule has 2 heterocycles. The van der Waals surface area contributed by atoms with Crippen LogP contribution >= 0.6 is 11.6 Å². The van der Waals surface area contributed by atoms with Gasteiger partial charge >= 0.3 is 6.36 Å². The van der Waals surface area contributed by atoms with Crippen molar-refractivity contribution >= 4 is 11.6 Å². The topological polar surface area (TPSA) is 57.6 Å². The van der Waals surface area contributed by atoms with E-state index in [1.165, 1.54) is 12.3 Å². The molecule has 4 rings (SSSR count). The number of nitrogens with one attached hydrogen (secondary N) is 1. The molecule has 1 atom stereocenters. The van der Waals surface area contributed by atoms with E-state index in [0.29, 0.717) is 17.1 Å². The molecule has 9 heteroatoms. The molecule has 1 aliphatic heterocycles. The van der Waals surface area contributed by atoms with Crippen LogP contribution in [0, 0.1) is 0 Å². The number of ether oxygens (including phenoxy) is 1. The Labute approximate surface area is 188 Å². The van der Waals surface area contributed by atoms with E-state index in [-0.39, 0.29) is 23.1 Å². The van der Waals surface area contributed by atoms with Gasteiger partial charge in [-0.3, -0.25) is 9.88 Å². The second-order valence-electron chi connectivity index (χ2n) is 7.50. The Hall–Kier alpha value is -2.81. The van der Waals surface area contributed by atoms with Gasteiger partial charge in [0.25, 0.3) is 0 Å². The zero-order valence-corrected chi connectivity index (χ0v) is 17.7. The van der Waals surface area contributed by atoms with Gasteiger partial charge in [-0.15, -0.1) is 13.2 Å². The lowest BCUT2D eigenvalue weighted by Gasteiger charge is -2.37. The summed E-state index contributed by atoms with van der Waals surface area (Å²) in [4.78, 5) is 6.36. The molecule has 1 fully saturated rings. The average molecular weight is 464 g/mol. The van der Waals surface area contributed by atoms with Crippen LogP contribution in [-0.4, -0.2) is 41.0 Å². The fourth-order valence-corrected chi connectivity index (χ4v) is 4.04. The molecule has 0 aliphatic carbocycles. The van der Waals surface area contributed by atoms with Crippen LogP contribution in [-0.2, 0) is 6.54 Å². The second-order valence-corrected chi connectivity index (χ2v) is 7.94. The van der Waals surface area contributed by atoms with Crippen molar-refractivity contribution in [2.75, 3.05) is 19.6 Å². The highest BCUT2D eigenvalue weighted by atomic mass is 35.5. The fourth-order valence-electron chi connectivity index (χ4n) is 3.91. The molecule has 168 valence electrons. The number of halogens is 4. The largest absolute Gasteiger partial charge is 0.573 e. The third-order valence-corrected chi connectivity index (χ3v) is 5.62. The number of aromatic nitrogens is 1. The third-order valence-electron chi connectivity index (χ3n) is 5.37. The van der Waals surface area contributed by atoms with Crippen molar-refractivity contribution in [3.63, 3.8) is 0 Å². The van der Waals surface area contributed by atoms with E-state index in [1.807, 2.05) is 24.3 Å². The van der Waals surface area contributed by atoms with Gasteiger partial charge in [0.05, 0.1) is 0 Å². The van der Waals surface area contributed by atoms with E-state index in [4.69, 9.17) is 11.6 Å². The van der Waals surface area contributed by atoms with Crippen LogP contribution in [0.25, 0.3) is 11.1 Å². The summed E-state index contributed by atoms with van der Waals surface area (Å²) in [5.74, 6) is -0.551. The molecule has 3 aromatic rings. The summed E-state index contributed by atoms with van der Waals surface area (Å²) >= 11 is 6.03. The van der Waals surface area contributed by atoms with Crippen LogP contribution in [0.15, 0.2) is 60.9 Å². The lowest BCUT2D eigenvalue weighted by Crippen LogP contribution is -2.45. The van der Waals surface area contributed by atoms with Crippen LogP contribution in [0.1, 0.15) is 17.2 Å². The van der Waals surface area contributed by atoms with Crippen LogP contribution in [0.2, 0.25) is 5.02 Å². The van der Waals surface area contributed by atoms with E-state index in [2.05, 4.69) is 19.9 Å². The smallest absolute Gasteiger partial charge is 0.508 e. The molecule has 0 amide bonds. The van der Waals surface area contributed by atoms with Gasteiger partial charge in [0.2, 0.25) is 0 Å². The molecule has 0 saturated carbocycles. The maximum atomic E-state index is 13.0. The van der Waals surface area contributed by atoms with Crippen molar-refractivity contribution in [1.29, 1.82) is 0 Å². The monoisotopic (exact) mass is 463 g/mol. The molecular formula is C23H21ClF3N3O2. The summed E-state index contributed by atoms with van der Waals surface area (Å²) in [5.41, 5.74) is 2.47. The first kappa shape index (κ1) is 22.4. The Kier molecular flexibility index (Phi) is 6.55. The number of alkyl halides is 3. The van der Waals surface area contributed by atoms with Gasteiger partial charge < -0.3 is 15.2 Å². The number of piperazine rings is 1. The summed E-state index contributed by atoms with van der Waals surface area (Å²) < 4.78 is 43.1. The normalized spacial score (nSPS) is 17.3. The van der Waals surface area contributed by atoms with Crippen molar-refractivity contribution in [2.24, 2.45) is 0 Å². The zero-order valence-electron chi connectivity index (χ0n) is 16.9. The highest BCUT2D eigenvalue weighted by Gasteiger charge is 2.33. The third kappa shape index (κ3) is 5.32. The molecular weight excluding hydrogens is 443 g/mol. The molecule has 0 spiro atoms. The van der Waals surface area contributed by atoms with E-state index in [0.717, 1.165) is 42.9 Å². The van der Waals surface area contributed by atoms with Crippen molar-refractivity contribution in [2.45, 2.75) is 18.9 Å². The number of nitrogens with zero attached hydrogens (tertiary/aromatic N) is 2. The molecule has 1 saturated heterocycles. The SMILES string of the molecule is Oc1ccc(OC(F)(F)F)c(-c2cnccc2CN2CCNC[C@@H]2c2ccc(Cl)cc2)c1. The first-order valence-electron chi connectivity index (χ1n) is 10.0. The standard InChI is InChI=1S/C23H21ClF3N3O2/c24-17-3-1-15(2-4-17)21-13-29-9-10-30(21)14-16-7-8-28-12-20(16)19-11-18(31)5-6-22(19)32-23(25,26)27/h1-8,11-12,21,29,31H,9-10,13-14H2/t21-/m1/s1. The lowest BCUT2D eigenvalue weighted by molar-refractivity contribution is -0.274. The Morgan fingerprint density at radius 2 is 1.91 bits per heavy atom. The summed E-state index contributed by atoms with van der Waals surface area (Å²) in [6, 6.07) is 13.0. The van der Waals surface area contributed by atoms with Crippen molar-refractivity contribution < 1.29 is 23.0 Å². The van der Waals surface area contributed by atoms with Crippen LogP contribution in [0.4, 0.5) is 13.2 Å². The molecule has 32 heavy (non-hydrogen) atoms. The Bertz CT molecular complexity index is 1080. The molecule has 2 N–H and O–H groups in total. The van der Waals surface area contributed by atoms with Gasteiger partial charge in [0, 0.05) is 60.8 Å². The predicted octanol–water partition coefficient (Wildman–Crippen LogP) is 5.15. The zero-order chi connectivity index (χ0) is 22.7. The maximum Gasteiger partial charge on any atom is 0.573 e. The Morgan fingerprint density at radius 1 is 1.12 bits per heavy atom. The fraction of sp³-hybridized carbons (Fsp3) is 0.261. The van der Waals surface area contributed by atoms with Gasteiger partial charge in [-0.2, -0.15) is 0 Å². The number of aromatic hydroxyl groups is 1. The Balaban J connectivity index is 1.68. The van der Waals surface area contributed by atoms with Gasteiger partial charge in [-0.1, -0.05) is 23.7 Å². The van der Waals surface area contributed by atoms with Crippen molar-refractivity contribution in [3.05, 3.63) is 77.1 Å². The quantitative estimate of drug-likeness (QED) is 0.548. The van der Waals surface area contributed by atoms with E-state index in [1.54, 1.807) is 12.3 Å². The van der Waals surface area contributed by atoms with Gasteiger partial charge in [-0.05, 0) is 47.5 Å². The predicted molar refractivity (Wildman–Crippen MR) is 115 cm³/mol. The lowest BCUT2D eigenvalue weighted by atomic mass is 9.98. The molecule has 1 aromatic heterocycles. The average Bonchev–Trinajstić information content (AvgIpc) is 2.76. The van der Waals surface area contributed by atoms with Crippen molar-refractivity contribution in [3.8, 4) is 22.6 Å². The maximum absolute atomic E-state index is 13.0. The molecule has 0 bridgehead atoms. The molecule has 0 unspecified atom stereocenters. The Morgan fingerprint density at radius 3 is 2.66 bits per heavy atom. The highest BCUT2D eigenvalue weighted by molar-refractivity contribution is 6.30. The van der Waals surface area contributed by atoms with E-state index >= 15 is 0 Å². The first-order valence-corrected chi connectivity index (χ1v) is 10.4. The summed E-state index contributed by atoms with van der Waals surface area (Å²) in [5, 5.41) is 14.0. The highest BCUT2D eigenvalue weighted by Crippen LogP contribution is 2.38. The van der Waals surface area contributed by atoms with Gasteiger partial charge in [0.15, 0.2) is 0 Å². The minimum absolute atomic E-state index is 0.0668. The molecule has 2 aromatic carbocycles. The number of hydrogen-bond donors (Lipinski definition) is 2. The number of pyridine rings is 1. The summed E-state index contributed by atoms with van der Waals surface area (Å²) in [7, 11) is 0. The summed E-state index contributed by atoms with van der Waals surface area (Å²) in [6.45, 7) is 2.75. The van der Waals surface area contributed by atoms with Crippen molar-refractivity contribution in [1.82, 2.24) is 15.2 Å². The second kappa shape index (κ2) is 9.36. The summed E-state index contributed by atoms with van der Waals surface area (Å²) in [6.07, 6.45) is -1.76. The van der Waals surface area contributed by atoms with E-state index < -0.39 is 6.36 Å². The molecule has 0 radical (unpaired) electrons. The first-order chi connectivity index (χ1) is 15.3. The van der Waals surface area contributed by atoms with Crippen LogP contribution in [0.3, 0.4) is 0 Å². The minimum Gasteiger partial charge on any atom is -0.508 e.